The zero-order valence-corrected chi connectivity index (χ0v) is 21.9. The molecule has 4 N–H and O–H groups in total. The third kappa shape index (κ3) is 5.11. The van der Waals surface area contributed by atoms with Crippen LogP contribution in [0.5, 0.6) is 11.6 Å². The molecule has 0 spiro atoms. The van der Waals surface area contributed by atoms with Crippen LogP contribution in [0, 0.1) is 0 Å². The molecule has 0 saturated carbocycles. The Balaban J connectivity index is 2.08. The van der Waals surface area contributed by atoms with Crippen LogP contribution >= 0.6 is 0 Å². The van der Waals surface area contributed by atoms with Crippen LogP contribution in [0.4, 0.5) is 5.82 Å². The van der Waals surface area contributed by atoms with Gasteiger partial charge in [0, 0.05) is 35.3 Å². The molecule has 0 bridgehead atoms. The van der Waals surface area contributed by atoms with Gasteiger partial charge in [-0.3, -0.25) is 9.59 Å². The molecular weight excluding hydrogens is 444 g/mol. The number of carbonyl (C=O) groups excluding carboxylic acids is 2. The number of anilines is 1. The lowest BCUT2D eigenvalue weighted by atomic mass is 9.78. The molecule has 0 aliphatic rings. The minimum Gasteiger partial charge on any atom is -0.507 e. The molecule has 2 heterocycles. The van der Waals surface area contributed by atoms with E-state index < -0.39 is 0 Å². The average Bonchev–Trinajstić information content (AvgIpc) is 3.05. The highest BCUT2D eigenvalue weighted by molar-refractivity contribution is 6.03. The van der Waals surface area contributed by atoms with Gasteiger partial charge in [0.25, 0.3) is 5.91 Å². The summed E-state index contributed by atoms with van der Waals surface area (Å²) in [6.07, 6.45) is 1.69. The van der Waals surface area contributed by atoms with Crippen LogP contribution in [0.25, 0.3) is 10.9 Å². The van der Waals surface area contributed by atoms with Gasteiger partial charge in [-0.15, -0.1) is 0 Å². The van der Waals surface area contributed by atoms with Gasteiger partial charge >= 0.3 is 0 Å². The monoisotopic (exact) mass is 480 g/mol. The lowest BCUT2D eigenvalue weighted by molar-refractivity contribution is 0.0955. The number of fused-ring (bicyclic) bond motifs is 1. The summed E-state index contributed by atoms with van der Waals surface area (Å²) in [4.78, 5) is 30.2. The number of Topliss-reactive ketones (excluding diaryl/α,β-unsaturated/α-hetero) is 1. The van der Waals surface area contributed by atoms with Crippen LogP contribution in [0.1, 0.15) is 80.3 Å². The van der Waals surface area contributed by atoms with Crippen molar-refractivity contribution in [2.45, 2.75) is 65.8 Å². The van der Waals surface area contributed by atoms with E-state index in [0.717, 1.165) is 11.1 Å². The summed E-state index contributed by atoms with van der Waals surface area (Å²) in [5, 5.41) is 14.1. The molecule has 1 aromatic carbocycles. The van der Waals surface area contributed by atoms with Crippen molar-refractivity contribution in [2.24, 2.45) is 0 Å². The van der Waals surface area contributed by atoms with Gasteiger partial charge < -0.3 is 25.5 Å². The number of rotatable bonds is 6. The number of amides is 1. The van der Waals surface area contributed by atoms with E-state index in [0.29, 0.717) is 28.9 Å². The van der Waals surface area contributed by atoms with E-state index in [1.165, 1.54) is 7.05 Å². The second-order valence-electron chi connectivity index (χ2n) is 10.8. The highest BCUT2D eigenvalue weighted by Crippen LogP contribution is 2.40. The largest absolute Gasteiger partial charge is 0.507 e. The molecule has 3 aromatic rings. The number of hydrogen-bond donors (Lipinski definition) is 3. The molecule has 0 atom stereocenters. The lowest BCUT2D eigenvalue weighted by Gasteiger charge is -2.28. The Bertz CT molecular complexity index is 1260. The van der Waals surface area contributed by atoms with E-state index in [2.05, 4.69) is 10.3 Å². The zero-order chi connectivity index (χ0) is 26.3. The number of ether oxygens (including phenoxy) is 1. The molecule has 35 heavy (non-hydrogen) atoms. The molecule has 0 aliphatic carbocycles. The average molecular weight is 481 g/mol. The standard InChI is InChI=1S/C27H36N4O4/c1-9-35-25-17(24(34)29-8)12-16-20(30-25)13-31(23(16)28)14-21(32)15-10-18(26(2,3)4)22(33)19(11-15)27(5,6)7/h10-13,33H,9,14,28H2,1-8H3,(H,29,34). The highest BCUT2D eigenvalue weighted by atomic mass is 16.5. The fraction of sp³-hybridized carbons (Fsp3) is 0.444. The molecule has 0 fully saturated rings. The van der Waals surface area contributed by atoms with Crippen molar-refractivity contribution in [2.75, 3.05) is 19.4 Å². The molecule has 0 unspecified atom stereocenters. The summed E-state index contributed by atoms with van der Waals surface area (Å²) in [6.45, 7) is 14.2. The molecule has 0 aliphatic heterocycles. The Kier molecular flexibility index (Phi) is 6.88. The number of aromatic nitrogens is 2. The Morgan fingerprint density at radius 1 is 1.09 bits per heavy atom. The van der Waals surface area contributed by atoms with Crippen LogP contribution in [0.2, 0.25) is 0 Å². The van der Waals surface area contributed by atoms with Gasteiger partial charge in [-0.2, -0.15) is 0 Å². The fourth-order valence-corrected chi connectivity index (χ4v) is 4.05. The van der Waals surface area contributed by atoms with Crippen molar-refractivity contribution in [1.82, 2.24) is 14.9 Å². The van der Waals surface area contributed by atoms with Gasteiger partial charge in [0.1, 0.15) is 17.1 Å². The van der Waals surface area contributed by atoms with Crippen LogP contribution in [0.3, 0.4) is 0 Å². The highest BCUT2D eigenvalue weighted by Gasteiger charge is 2.28. The fourth-order valence-electron chi connectivity index (χ4n) is 4.05. The smallest absolute Gasteiger partial charge is 0.256 e. The second-order valence-corrected chi connectivity index (χ2v) is 10.8. The predicted octanol–water partition coefficient (Wildman–Crippen LogP) is 4.56. The van der Waals surface area contributed by atoms with E-state index in [1.807, 2.05) is 48.5 Å². The molecule has 0 radical (unpaired) electrons. The van der Waals surface area contributed by atoms with Gasteiger partial charge in [-0.25, -0.2) is 4.98 Å². The van der Waals surface area contributed by atoms with Crippen molar-refractivity contribution in [3.63, 3.8) is 0 Å². The van der Waals surface area contributed by atoms with Crippen LogP contribution in [-0.4, -0.2) is 40.0 Å². The number of ketones is 1. The Morgan fingerprint density at radius 2 is 1.66 bits per heavy atom. The van der Waals surface area contributed by atoms with Crippen molar-refractivity contribution in [1.29, 1.82) is 0 Å². The van der Waals surface area contributed by atoms with Gasteiger partial charge in [-0.1, -0.05) is 41.5 Å². The molecule has 8 heteroatoms. The molecule has 1 amide bonds. The number of pyridine rings is 1. The van der Waals surface area contributed by atoms with Crippen molar-refractivity contribution < 1.29 is 19.4 Å². The molecular formula is C27H36N4O4. The Hall–Kier alpha value is -3.55. The van der Waals surface area contributed by atoms with Crippen molar-refractivity contribution in [3.05, 3.63) is 46.6 Å². The first-order chi connectivity index (χ1) is 16.2. The van der Waals surface area contributed by atoms with E-state index >= 15 is 0 Å². The minimum absolute atomic E-state index is 0.0145. The first-order valence-electron chi connectivity index (χ1n) is 11.7. The van der Waals surface area contributed by atoms with Gasteiger partial charge in [0.15, 0.2) is 5.78 Å². The normalized spacial score (nSPS) is 12.1. The van der Waals surface area contributed by atoms with E-state index in [-0.39, 0.29) is 46.3 Å². The third-order valence-electron chi connectivity index (χ3n) is 6.00. The molecule has 0 saturated heterocycles. The van der Waals surface area contributed by atoms with Crippen LogP contribution < -0.4 is 15.8 Å². The SMILES string of the molecule is CCOc1nc2cn(CC(=O)c3cc(C(C)(C)C)c(O)c(C(C)(C)C)c3)c(N)c2cc1C(=O)NC. The third-order valence-corrected chi connectivity index (χ3v) is 6.00. The number of nitrogen functional groups attached to an aromatic ring is 1. The van der Waals surface area contributed by atoms with E-state index in [9.17, 15) is 14.7 Å². The van der Waals surface area contributed by atoms with Crippen molar-refractivity contribution >= 4 is 28.4 Å². The number of nitrogens with zero attached hydrogens (tertiary/aromatic N) is 2. The number of aromatic hydroxyl groups is 1. The number of nitrogens with two attached hydrogens (primary N) is 1. The summed E-state index contributed by atoms with van der Waals surface area (Å²) in [6, 6.07) is 5.17. The maximum Gasteiger partial charge on any atom is 0.256 e. The number of phenols is 1. The number of benzene rings is 1. The van der Waals surface area contributed by atoms with Crippen LogP contribution in [-0.2, 0) is 17.4 Å². The lowest BCUT2D eigenvalue weighted by Crippen LogP contribution is -2.20. The maximum atomic E-state index is 13.4. The Labute approximate surface area is 206 Å². The zero-order valence-electron chi connectivity index (χ0n) is 21.9. The number of carbonyl (C=O) groups is 2. The summed E-state index contributed by atoms with van der Waals surface area (Å²) in [5.41, 5.74) is 8.43. The van der Waals surface area contributed by atoms with E-state index in [1.54, 1.807) is 29.0 Å². The van der Waals surface area contributed by atoms with Gasteiger partial charge in [0.2, 0.25) is 5.88 Å². The first-order valence-corrected chi connectivity index (χ1v) is 11.7. The van der Waals surface area contributed by atoms with E-state index in [4.69, 9.17) is 10.5 Å². The van der Waals surface area contributed by atoms with Gasteiger partial charge in [0.05, 0.1) is 18.7 Å². The van der Waals surface area contributed by atoms with Gasteiger partial charge in [-0.05, 0) is 36.0 Å². The predicted molar refractivity (Wildman–Crippen MR) is 139 cm³/mol. The number of nitrogens with one attached hydrogen (secondary N) is 1. The topological polar surface area (TPSA) is 119 Å². The van der Waals surface area contributed by atoms with Crippen molar-refractivity contribution in [3.8, 4) is 11.6 Å². The summed E-state index contributed by atoms with van der Waals surface area (Å²) >= 11 is 0. The number of hydrogen-bond acceptors (Lipinski definition) is 6. The maximum absolute atomic E-state index is 13.4. The summed E-state index contributed by atoms with van der Waals surface area (Å²) < 4.78 is 7.18. The molecule has 188 valence electrons. The molecule has 2 aromatic heterocycles. The molecule has 3 rings (SSSR count). The Morgan fingerprint density at radius 3 is 2.14 bits per heavy atom. The summed E-state index contributed by atoms with van der Waals surface area (Å²) in [5.74, 6) is 0.289. The molecule has 8 nitrogen and oxygen atoms in total. The number of phenolic OH excluding ortho intramolecular Hbond substituents is 1. The first kappa shape index (κ1) is 26.1. The summed E-state index contributed by atoms with van der Waals surface area (Å²) in [7, 11) is 1.53. The second kappa shape index (κ2) is 9.24. The quantitative estimate of drug-likeness (QED) is 0.445. The minimum atomic E-state index is -0.350. The van der Waals surface area contributed by atoms with Crippen LogP contribution in [0.15, 0.2) is 24.4 Å².